The highest BCUT2D eigenvalue weighted by Gasteiger charge is 2.39. The monoisotopic (exact) mass is 298 g/mol. The minimum Gasteiger partial charge on any atom is -0.373 e. The van der Waals surface area contributed by atoms with E-state index >= 15 is 0 Å². The maximum absolute atomic E-state index is 13.3. The zero-order valence-electron chi connectivity index (χ0n) is 12.0. The summed E-state index contributed by atoms with van der Waals surface area (Å²) in [6, 6.07) is 12.4. The molecule has 1 fully saturated rings. The van der Waals surface area contributed by atoms with E-state index in [0.29, 0.717) is 0 Å². The fraction of sp³-hybridized carbons (Fsp3) is 0.176. The van der Waals surface area contributed by atoms with Gasteiger partial charge in [-0.05, 0) is 36.8 Å². The SMILES string of the molecule is Cc1ccccc1N[C@H]1CC(=O)N(c2cccc(F)c2)C1=O. The fourth-order valence-corrected chi connectivity index (χ4v) is 2.55. The molecule has 0 bridgehead atoms. The van der Waals surface area contributed by atoms with Crippen LogP contribution in [0.25, 0.3) is 0 Å². The number of nitrogens with one attached hydrogen (secondary N) is 1. The van der Waals surface area contributed by atoms with Crippen molar-refractivity contribution in [3.63, 3.8) is 0 Å². The van der Waals surface area contributed by atoms with E-state index in [1.165, 1.54) is 18.2 Å². The summed E-state index contributed by atoms with van der Waals surface area (Å²) in [5.41, 5.74) is 2.07. The van der Waals surface area contributed by atoms with E-state index in [1.54, 1.807) is 6.07 Å². The molecule has 2 amide bonds. The molecule has 112 valence electrons. The summed E-state index contributed by atoms with van der Waals surface area (Å²) in [5.74, 6) is -1.17. The van der Waals surface area contributed by atoms with Gasteiger partial charge in [-0.15, -0.1) is 0 Å². The van der Waals surface area contributed by atoms with Crippen molar-refractivity contribution in [3.05, 3.63) is 59.9 Å². The zero-order valence-corrected chi connectivity index (χ0v) is 12.0. The summed E-state index contributed by atoms with van der Waals surface area (Å²) in [7, 11) is 0. The number of hydrogen-bond acceptors (Lipinski definition) is 3. The molecule has 0 aromatic heterocycles. The Morgan fingerprint density at radius 3 is 2.64 bits per heavy atom. The smallest absolute Gasteiger partial charge is 0.256 e. The van der Waals surface area contributed by atoms with Gasteiger partial charge in [-0.25, -0.2) is 9.29 Å². The summed E-state index contributed by atoms with van der Waals surface area (Å²) in [6.45, 7) is 1.92. The van der Waals surface area contributed by atoms with E-state index in [2.05, 4.69) is 5.32 Å². The van der Waals surface area contributed by atoms with Crippen LogP contribution in [0.5, 0.6) is 0 Å². The van der Waals surface area contributed by atoms with Crippen molar-refractivity contribution in [2.24, 2.45) is 0 Å². The Labute approximate surface area is 127 Å². The lowest BCUT2D eigenvalue weighted by Gasteiger charge is -2.17. The second kappa shape index (κ2) is 5.60. The van der Waals surface area contributed by atoms with E-state index in [1.807, 2.05) is 31.2 Å². The number of para-hydroxylation sites is 1. The Kier molecular flexibility index (Phi) is 3.63. The summed E-state index contributed by atoms with van der Waals surface area (Å²) in [4.78, 5) is 25.6. The Morgan fingerprint density at radius 2 is 1.91 bits per heavy atom. The molecule has 1 saturated heterocycles. The number of halogens is 1. The van der Waals surface area contributed by atoms with Crippen LogP contribution in [0.15, 0.2) is 48.5 Å². The molecule has 22 heavy (non-hydrogen) atoms. The molecule has 4 nitrogen and oxygen atoms in total. The lowest BCUT2D eigenvalue weighted by Crippen LogP contribution is -2.35. The number of rotatable bonds is 3. The highest BCUT2D eigenvalue weighted by molar-refractivity contribution is 6.23. The van der Waals surface area contributed by atoms with Crippen LogP contribution in [-0.2, 0) is 9.59 Å². The topological polar surface area (TPSA) is 49.4 Å². The number of aryl methyl sites for hydroxylation is 1. The van der Waals surface area contributed by atoms with Crippen LogP contribution in [0.1, 0.15) is 12.0 Å². The molecular formula is C17H15FN2O2. The molecule has 1 atom stereocenters. The van der Waals surface area contributed by atoms with Gasteiger partial charge in [0.05, 0.1) is 12.1 Å². The van der Waals surface area contributed by atoms with Crippen molar-refractivity contribution in [1.82, 2.24) is 0 Å². The van der Waals surface area contributed by atoms with Crippen LogP contribution in [0.4, 0.5) is 15.8 Å². The van der Waals surface area contributed by atoms with E-state index in [4.69, 9.17) is 0 Å². The first-order chi connectivity index (χ1) is 10.6. The first-order valence-corrected chi connectivity index (χ1v) is 7.01. The molecule has 3 rings (SSSR count). The quantitative estimate of drug-likeness (QED) is 0.886. The van der Waals surface area contributed by atoms with Crippen LogP contribution in [-0.4, -0.2) is 17.9 Å². The minimum absolute atomic E-state index is 0.0592. The molecule has 0 saturated carbocycles. The van der Waals surface area contributed by atoms with Crippen LogP contribution in [0, 0.1) is 12.7 Å². The molecule has 2 aromatic carbocycles. The Hall–Kier alpha value is -2.69. The first kappa shape index (κ1) is 14.3. The maximum Gasteiger partial charge on any atom is 0.256 e. The van der Waals surface area contributed by atoms with Crippen LogP contribution >= 0.6 is 0 Å². The molecule has 1 aliphatic rings. The molecular weight excluding hydrogens is 283 g/mol. The molecule has 0 unspecified atom stereocenters. The van der Waals surface area contributed by atoms with E-state index in [9.17, 15) is 14.0 Å². The predicted octanol–water partition coefficient (Wildman–Crippen LogP) is 2.88. The number of nitrogens with zero attached hydrogens (tertiary/aromatic N) is 1. The second-order valence-electron chi connectivity index (χ2n) is 5.26. The molecule has 0 spiro atoms. The van der Waals surface area contributed by atoms with Gasteiger partial charge in [0, 0.05) is 5.69 Å². The van der Waals surface area contributed by atoms with Crippen molar-refractivity contribution < 1.29 is 14.0 Å². The van der Waals surface area contributed by atoms with Crippen molar-refractivity contribution >= 4 is 23.2 Å². The van der Waals surface area contributed by atoms with Gasteiger partial charge in [-0.1, -0.05) is 24.3 Å². The summed E-state index contributed by atoms with van der Waals surface area (Å²) in [5, 5.41) is 3.10. The van der Waals surface area contributed by atoms with E-state index < -0.39 is 11.9 Å². The number of carbonyl (C=O) groups is 2. The summed E-state index contributed by atoms with van der Waals surface area (Å²) >= 11 is 0. The zero-order chi connectivity index (χ0) is 15.7. The molecule has 1 aliphatic heterocycles. The van der Waals surface area contributed by atoms with Gasteiger partial charge in [-0.2, -0.15) is 0 Å². The van der Waals surface area contributed by atoms with Crippen LogP contribution < -0.4 is 10.2 Å². The maximum atomic E-state index is 13.3. The number of anilines is 2. The van der Waals surface area contributed by atoms with Gasteiger partial charge in [0.2, 0.25) is 5.91 Å². The predicted molar refractivity (Wildman–Crippen MR) is 82.1 cm³/mol. The molecule has 1 N–H and O–H groups in total. The van der Waals surface area contributed by atoms with Gasteiger partial charge < -0.3 is 5.32 Å². The lowest BCUT2D eigenvalue weighted by atomic mass is 10.1. The molecule has 1 heterocycles. The third-order valence-corrected chi connectivity index (χ3v) is 3.69. The van der Waals surface area contributed by atoms with Gasteiger partial charge >= 0.3 is 0 Å². The lowest BCUT2D eigenvalue weighted by molar-refractivity contribution is -0.121. The van der Waals surface area contributed by atoms with Crippen molar-refractivity contribution in [3.8, 4) is 0 Å². The van der Waals surface area contributed by atoms with Gasteiger partial charge in [0.15, 0.2) is 0 Å². The molecule has 0 radical (unpaired) electrons. The summed E-state index contributed by atoms with van der Waals surface area (Å²) in [6.07, 6.45) is 0.0592. The van der Waals surface area contributed by atoms with E-state index in [-0.39, 0.29) is 23.9 Å². The van der Waals surface area contributed by atoms with Gasteiger partial charge in [-0.3, -0.25) is 9.59 Å². The average molecular weight is 298 g/mol. The highest BCUT2D eigenvalue weighted by atomic mass is 19.1. The van der Waals surface area contributed by atoms with Gasteiger partial charge in [0.25, 0.3) is 5.91 Å². The Morgan fingerprint density at radius 1 is 1.14 bits per heavy atom. The second-order valence-corrected chi connectivity index (χ2v) is 5.26. The number of carbonyl (C=O) groups excluding carboxylic acids is 2. The number of benzene rings is 2. The molecule has 2 aromatic rings. The minimum atomic E-state index is -0.628. The summed E-state index contributed by atoms with van der Waals surface area (Å²) < 4.78 is 13.3. The molecule has 5 heteroatoms. The number of amides is 2. The van der Waals surface area contributed by atoms with Crippen molar-refractivity contribution in [2.45, 2.75) is 19.4 Å². The third kappa shape index (κ3) is 2.57. The van der Waals surface area contributed by atoms with E-state index in [0.717, 1.165) is 16.2 Å². The fourth-order valence-electron chi connectivity index (χ4n) is 2.55. The van der Waals surface area contributed by atoms with Gasteiger partial charge in [0.1, 0.15) is 11.9 Å². The molecule has 0 aliphatic carbocycles. The Balaban J connectivity index is 1.84. The highest BCUT2D eigenvalue weighted by Crippen LogP contribution is 2.26. The number of imide groups is 1. The normalized spacial score (nSPS) is 17.9. The van der Waals surface area contributed by atoms with Crippen molar-refractivity contribution in [2.75, 3.05) is 10.2 Å². The third-order valence-electron chi connectivity index (χ3n) is 3.69. The Bertz CT molecular complexity index is 745. The first-order valence-electron chi connectivity index (χ1n) is 7.01. The van der Waals surface area contributed by atoms with Crippen molar-refractivity contribution in [1.29, 1.82) is 0 Å². The van der Waals surface area contributed by atoms with Crippen LogP contribution in [0.3, 0.4) is 0 Å². The van der Waals surface area contributed by atoms with Crippen LogP contribution in [0.2, 0.25) is 0 Å². The largest absolute Gasteiger partial charge is 0.373 e. The average Bonchev–Trinajstić information content (AvgIpc) is 2.76. The standard InChI is InChI=1S/C17H15FN2O2/c1-11-5-2-3-8-14(11)19-15-10-16(21)20(17(15)22)13-7-4-6-12(18)9-13/h2-9,15,19H,10H2,1H3/t15-/m0/s1. The number of hydrogen-bond donors (Lipinski definition) is 1.